The van der Waals surface area contributed by atoms with Gasteiger partial charge in [-0.3, -0.25) is 9.69 Å². The number of hydrogen-bond acceptors (Lipinski definition) is 4. The Morgan fingerprint density at radius 1 is 1.10 bits per heavy atom. The molecule has 0 bridgehead atoms. The highest BCUT2D eigenvalue weighted by atomic mass is 16.3. The summed E-state index contributed by atoms with van der Waals surface area (Å²) in [7, 11) is 4.34. The van der Waals surface area contributed by atoms with Crippen molar-refractivity contribution >= 4 is 16.7 Å². The zero-order valence-electron chi connectivity index (χ0n) is 19.0. The molecule has 2 saturated heterocycles. The first kappa shape index (κ1) is 22.3. The van der Waals surface area contributed by atoms with Crippen LogP contribution in [0.4, 0.5) is 0 Å². The molecule has 31 heavy (non-hydrogen) atoms. The smallest absolute Gasteiger partial charge is 0.222 e. The molecule has 2 heterocycles. The fourth-order valence-electron chi connectivity index (χ4n) is 5.68. The molecule has 2 aromatic carbocycles. The van der Waals surface area contributed by atoms with Gasteiger partial charge < -0.3 is 14.9 Å². The third-order valence-corrected chi connectivity index (χ3v) is 7.35. The number of piperidine rings is 1. The molecule has 0 unspecified atom stereocenters. The number of likely N-dealkylation sites (tertiary alicyclic amines) is 2. The lowest BCUT2D eigenvalue weighted by Gasteiger charge is -2.42. The van der Waals surface area contributed by atoms with Crippen LogP contribution in [-0.4, -0.2) is 78.1 Å². The van der Waals surface area contributed by atoms with Crippen molar-refractivity contribution < 1.29 is 9.90 Å². The summed E-state index contributed by atoms with van der Waals surface area (Å²) >= 11 is 0. The van der Waals surface area contributed by atoms with E-state index < -0.39 is 0 Å². The van der Waals surface area contributed by atoms with Gasteiger partial charge in [-0.2, -0.15) is 0 Å². The average Bonchev–Trinajstić information content (AvgIpc) is 3.27. The van der Waals surface area contributed by atoms with Crippen molar-refractivity contribution in [2.24, 2.45) is 5.92 Å². The maximum absolute atomic E-state index is 12.8. The third-order valence-electron chi connectivity index (χ3n) is 7.35. The van der Waals surface area contributed by atoms with Gasteiger partial charge in [-0.1, -0.05) is 42.5 Å². The van der Waals surface area contributed by atoms with Crippen LogP contribution >= 0.6 is 0 Å². The van der Waals surface area contributed by atoms with E-state index >= 15 is 0 Å². The normalized spacial score (nSPS) is 24.9. The average molecular weight is 424 g/mol. The van der Waals surface area contributed by atoms with Gasteiger partial charge in [0.15, 0.2) is 0 Å². The number of carbonyl (C=O) groups excluding carboxylic acids is 1. The zero-order valence-corrected chi connectivity index (χ0v) is 19.0. The summed E-state index contributed by atoms with van der Waals surface area (Å²) in [5, 5.41) is 12.2. The zero-order chi connectivity index (χ0) is 21.8. The number of nitrogens with zero attached hydrogens (tertiary/aromatic N) is 3. The van der Waals surface area contributed by atoms with E-state index in [1.165, 1.54) is 16.3 Å². The van der Waals surface area contributed by atoms with Gasteiger partial charge in [0.1, 0.15) is 0 Å². The fraction of sp³-hybridized carbons (Fsp3) is 0.577. The van der Waals surface area contributed by atoms with Gasteiger partial charge in [-0.15, -0.1) is 0 Å². The van der Waals surface area contributed by atoms with E-state index in [2.05, 4.69) is 66.4 Å². The number of rotatable bonds is 7. The van der Waals surface area contributed by atoms with Crippen LogP contribution in [0.1, 0.15) is 37.7 Å². The summed E-state index contributed by atoms with van der Waals surface area (Å²) in [5.41, 5.74) is 1.39. The Labute approximate surface area is 186 Å². The lowest BCUT2D eigenvalue weighted by molar-refractivity contribution is -0.133. The molecule has 1 N–H and O–H groups in total. The molecule has 2 fully saturated rings. The lowest BCUT2D eigenvalue weighted by Crippen LogP contribution is -2.49. The van der Waals surface area contributed by atoms with Crippen molar-refractivity contribution in [1.29, 1.82) is 0 Å². The van der Waals surface area contributed by atoms with Gasteiger partial charge in [0.25, 0.3) is 0 Å². The number of fused-ring (bicyclic) bond motifs is 1. The summed E-state index contributed by atoms with van der Waals surface area (Å²) in [6, 6.07) is 15.8. The van der Waals surface area contributed by atoms with Gasteiger partial charge in [0, 0.05) is 32.1 Å². The number of hydrogen-bond donors (Lipinski definition) is 1. The predicted octanol–water partition coefficient (Wildman–Crippen LogP) is 3.36. The Morgan fingerprint density at radius 3 is 2.71 bits per heavy atom. The first-order valence-electron chi connectivity index (χ1n) is 11.8. The Morgan fingerprint density at radius 2 is 1.90 bits per heavy atom. The summed E-state index contributed by atoms with van der Waals surface area (Å²) < 4.78 is 0. The summed E-state index contributed by atoms with van der Waals surface area (Å²) in [6.45, 7) is 3.98. The minimum absolute atomic E-state index is 0.0337. The quantitative estimate of drug-likeness (QED) is 0.742. The number of carbonyl (C=O) groups is 1. The SMILES string of the molecule is CN(C)[C@@H]1CCN(Cc2cccc3ccccc23)C[C@@H]1CCC(=O)N1CCC[C@H]1CO. The Bertz CT molecular complexity index is 879. The fourth-order valence-corrected chi connectivity index (χ4v) is 5.68. The minimum Gasteiger partial charge on any atom is -0.394 e. The summed E-state index contributed by atoms with van der Waals surface area (Å²) in [4.78, 5) is 19.7. The van der Waals surface area contributed by atoms with Crippen LogP contribution in [0.2, 0.25) is 0 Å². The molecule has 0 spiro atoms. The molecule has 0 aromatic heterocycles. The molecular weight excluding hydrogens is 386 g/mol. The number of aliphatic hydroxyl groups is 1. The molecule has 2 aliphatic rings. The van der Waals surface area contributed by atoms with Crippen LogP contribution in [0.25, 0.3) is 10.8 Å². The Balaban J connectivity index is 1.41. The molecule has 2 aromatic rings. The van der Waals surface area contributed by atoms with E-state index in [0.29, 0.717) is 18.4 Å². The van der Waals surface area contributed by atoms with E-state index in [0.717, 1.165) is 51.9 Å². The third kappa shape index (κ3) is 5.11. The second-order valence-electron chi connectivity index (χ2n) is 9.56. The highest BCUT2D eigenvalue weighted by Gasteiger charge is 2.33. The molecule has 3 atom stereocenters. The topological polar surface area (TPSA) is 47.0 Å². The molecule has 0 aliphatic carbocycles. The standard InChI is InChI=1S/C26H37N3O2/c1-27(2)25-14-16-28(17-21-9-5-8-20-7-3-4-11-24(20)21)18-22(25)12-13-26(31)29-15-6-10-23(29)19-30/h3-5,7-9,11,22-23,25,30H,6,10,12-19H2,1-2H3/t22-,23-,25+/m0/s1. The first-order chi connectivity index (χ1) is 15.1. The van der Waals surface area contributed by atoms with Gasteiger partial charge in [0.05, 0.1) is 12.6 Å². The van der Waals surface area contributed by atoms with Crippen LogP contribution in [-0.2, 0) is 11.3 Å². The molecule has 5 heteroatoms. The van der Waals surface area contributed by atoms with Crippen LogP contribution in [0.15, 0.2) is 42.5 Å². The summed E-state index contributed by atoms with van der Waals surface area (Å²) in [5.74, 6) is 0.707. The maximum atomic E-state index is 12.8. The van der Waals surface area contributed by atoms with E-state index in [9.17, 15) is 9.90 Å². The van der Waals surface area contributed by atoms with Crippen molar-refractivity contribution in [3.63, 3.8) is 0 Å². The number of aliphatic hydroxyl groups excluding tert-OH is 1. The van der Waals surface area contributed by atoms with Gasteiger partial charge in [-0.05, 0) is 68.6 Å². The molecule has 2 aliphatic heterocycles. The first-order valence-corrected chi connectivity index (χ1v) is 11.8. The predicted molar refractivity (Wildman–Crippen MR) is 126 cm³/mol. The molecule has 0 saturated carbocycles. The molecular formula is C26H37N3O2. The minimum atomic E-state index is 0.0337. The molecule has 4 rings (SSSR count). The van der Waals surface area contributed by atoms with Crippen molar-refractivity contribution in [3.8, 4) is 0 Å². The molecule has 168 valence electrons. The molecule has 5 nitrogen and oxygen atoms in total. The number of amides is 1. The molecule has 0 radical (unpaired) electrons. The van der Waals surface area contributed by atoms with E-state index in [1.54, 1.807) is 0 Å². The van der Waals surface area contributed by atoms with Gasteiger partial charge in [0.2, 0.25) is 5.91 Å². The highest BCUT2D eigenvalue weighted by molar-refractivity contribution is 5.85. The van der Waals surface area contributed by atoms with Crippen LogP contribution in [0.5, 0.6) is 0 Å². The lowest BCUT2D eigenvalue weighted by atomic mass is 9.87. The van der Waals surface area contributed by atoms with Crippen LogP contribution in [0, 0.1) is 5.92 Å². The van der Waals surface area contributed by atoms with Crippen LogP contribution < -0.4 is 0 Å². The molecule has 1 amide bonds. The second kappa shape index (κ2) is 10.1. The van der Waals surface area contributed by atoms with Crippen molar-refractivity contribution in [3.05, 3.63) is 48.0 Å². The van der Waals surface area contributed by atoms with Crippen molar-refractivity contribution in [2.75, 3.05) is 40.3 Å². The summed E-state index contributed by atoms with van der Waals surface area (Å²) in [6.07, 6.45) is 4.60. The van der Waals surface area contributed by atoms with Gasteiger partial charge in [-0.25, -0.2) is 0 Å². The van der Waals surface area contributed by atoms with Crippen LogP contribution in [0.3, 0.4) is 0 Å². The van der Waals surface area contributed by atoms with Crippen molar-refractivity contribution in [2.45, 2.75) is 50.7 Å². The maximum Gasteiger partial charge on any atom is 0.222 e. The second-order valence-corrected chi connectivity index (χ2v) is 9.56. The Hall–Kier alpha value is -1.95. The largest absolute Gasteiger partial charge is 0.394 e. The van der Waals surface area contributed by atoms with E-state index in [4.69, 9.17) is 0 Å². The monoisotopic (exact) mass is 423 g/mol. The van der Waals surface area contributed by atoms with Gasteiger partial charge >= 0.3 is 0 Å². The van der Waals surface area contributed by atoms with E-state index in [1.807, 2.05) is 4.90 Å². The highest BCUT2D eigenvalue weighted by Crippen LogP contribution is 2.28. The van der Waals surface area contributed by atoms with Crippen molar-refractivity contribution in [1.82, 2.24) is 14.7 Å². The van der Waals surface area contributed by atoms with E-state index in [-0.39, 0.29) is 18.6 Å². The number of benzene rings is 2. The Kier molecular flexibility index (Phi) is 7.26.